The van der Waals surface area contributed by atoms with Gasteiger partial charge in [0.15, 0.2) is 0 Å². The molecule has 1 aliphatic carbocycles. The number of rotatable bonds is 5. The van der Waals surface area contributed by atoms with Crippen LogP contribution in [-0.4, -0.2) is 48.1 Å². The number of fused-ring (bicyclic) bond motifs is 2. The fourth-order valence-electron chi connectivity index (χ4n) is 5.83. The number of ether oxygens (including phenoxy) is 1. The highest BCUT2D eigenvalue weighted by Gasteiger charge is 2.54. The number of hydrogen-bond acceptors (Lipinski definition) is 4. The van der Waals surface area contributed by atoms with Crippen molar-refractivity contribution in [3.05, 3.63) is 101 Å². The molecule has 2 N–H and O–H groups in total. The van der Waals surface area contributed by atoms with Crippen molar-refractivity contribution < 1.29 is 19.4 Å². The van der Waals surface area contributed by atoms with Crippen LogP contribution in [0.4, 0.5) is 0 Å². The largest absolute Gasteiger partial charge is 0.508 e. The normalized spacial score (nSPS) is 20.4. The molecule has 1 saturated heterocycles. The van der Waals surface area contributed by atoms with Crippen LogP contribution < -0.4 is 5.32 Å². The molecule has 1 heterocycles. The third-order valence-electron chi connectivity index (χ3n) is 7.51. The molecule has 0 saturated carbocycles. The van der Waals surface area contributed by atoms with Gasteiger partial charge in [0.2, 0.25) is 5.91 Å². The highest BCUT2D eigenvalue weighted by molar-refractivity contribution is 5.94. The molecule has 0 bridgehead atoms. The molecule has 5 rings (SSSR count). The third kappa shape index (κ3) is 4.30. The van der Waals surface area contributed by atoms with Crippen molar-refractivity contribution in [3.63, 3.8) is 0 Å². The van der Waals surface area contributed by atoms with E-state index in [0.717, 1.165) is 24.0 Å². The zero-order chi connectivity index (χ0) is 24.4. The number of piperidine rings is 1. The number of nitrogens with zero attached hydrogens (tertiary/aromatic N) is 1. The van der Waals surface area contributed by atoms with E-state index in [1.807, 2.05) is 47.4 Å². The molecule has 2 amide bonds. The summed E-state index contributed by atoms with van der Waals surface area (Å²) in [7, 11) is 1.71. The highest BCUT2D eigenvalue weighted by atomic mass is 16.5. The van der Waals surface area contributed by atoms with Gasteiger partial charge in [-0.2, -0.15) is 0 Å². The monoisotopic (exact) mass is 470 g/mol. The molecule has 2 aliphatic rings. The van der Waals surface area contributed by atoms with Gasteiger partial charge in [-0.05, 0) is 53.8 Å². The van der Waals surface area contributed by atoms with Crippen molar-refractivity contribution in [2.75, 3.05) is 20.2 Å². The van der Waals surface area contributed by atoms with Crippen LogP contribution in [0.15, 0.2) is 78.9 Å². The van der Waals surface area contributed by atoms with E-state index in [4.69, 9.17) is 4.74 Å². The predicted octanol–water partition coefficient (Wildman–Crippen LogP) is 3.99. The number of phenols is 1. The first-order chi connectivity index (χ1) is 17.0. The maximum Gasteiger partial charge on any atom is 0.253 e. The molecule has 180 valence electrons. The summed E-state index contributed by atoms with van der Waals surface area (Å²) in [6.07, 6.45) is 1.60. The first-order valence-corrected chi connectivity index (χ1v) is 12.1. The number of phenolic OH excluding ortho intramolecular Hbond substituents is 1. The minimum absolute atomic E-state index is 0.0324. The minimum Gasteiger partial charge on any atom is -0.508 e. The summed E-state index contributed by atoms with van der Waals surface area (Å²) in [5, 5.41) is 12.8. The smallest absolute Gasteiger partial charge is 0.253 e. The molecule has 1 aliphatic heterocycles. The van der Waals surface area contributed by atoms with Crippen molar-refractivity contribution in [1.82, 2.24) is 10.2 Å². The Morgan fingerprint density at radius 1 is 0.971 bits per heavy atom. The van der Waals surface area contributed by atoms with Gasteiger partial charge >= 0.3 is 0 Å². The number of carbonyl (C=O) groups is 2. The summed E-state index contributed by atoms with van der Waals surface area (Å²) in [5.74, 6) is 0.0767. The predicted molar refractivity (Wildman–Crippen MR) is 133 cm³/mol. The molecule has 3 aromatic carbocycles. The molecular formula is C29H30N2O4. The number of hydrogen-bond donors (Lipinski definition) is 2. The van der Waals surface area contributed by atoms with Crippen LogP contribution in [0.2, 0.25) is 0 Å². The van der Waals surface area contributed by atoms with Crippen molar-refractivity contribution in [1.29, 1.82) is 0 Å². The first kappa shape index (κ1) is 23.1. The Hall–Kier alpha value is -3.64. The summed E-state index contributed by atoms with van der Waals surface area (Å²) >= 11 is 0. The maximum absolute atomic E-state index is 13.1. The van der Waals surface area contributed by atoms with Crippen LogP contribution in [0.3, 0.4) is 0 Å². The number of likely N-dealkylation sites (tertiary alicyclic amines) is 1. The molecule has 1 spiro atoms. The molecule has 6 nitrogen and oxygen atoms in total. The lowest BCUT2D eigenvalue weighted by molar-refractivity contribution is -0.122. The second-order valence-corrected chi connectivity index (χ2v) is 9.45. The second-order valence-electron chi connectivity index (χ2n) is 9.45. The van der Waals surface area contributed by atoms with Gasteiger partial charge in [0, 0.05) is 31.2 Å². The first-order valence-electron chi connectivity index (χ1n) is 12.1. The summed E-state index contributed by atoms with van der Waals surface area (Å²) in [4.78, 5) is 27.9. The van der Waals surface area contributed by atoms with Crippen molar-refractivity contribution >= 4 is 11.8 Å². The van der Waals surface area contributed by atoms with E-state index >= 15 is 0 Å². The van der Waals surface area contributed by atoms with E-state index in [0.29, 0.717) is 25.1 Å². The van der Waals surface area contributed by atoms with Crippen LogP contribution in [0.5, 0.6) is 5.75 Å². The Morgan fingerprint density at radius 3 is 2.31 bits per heavy atom. The van der Waals surface area contributed by atoms with Crippen molar-refractivity contribution in [3.8, 4) is 5.75 Å². The number of methoxy groups -OCH3 is 1. The van der Waals surface area contributed by atoms with E-state index < -0.39 is 0 Å². The average Bonchev–Trinajstić information content (AvgIpc) is 3.13. The number of amides is 2. The molecular weight excluding hydrogens is 440 g/mol. The topological polar surface area (TPSA) is 78.9 Å². The Balaban J connectivity index is 1.36. The molecule has 6 heteroatoms. The third-order valence-corrected chi connectivity index (χ3v) is 7.51. The fourth-order valence-corrected chi connectivity index (χ4v) is 5.83. The van der Waals surface area contributed by atoms with E-state index in [2.05, 4.69) is 17.4 Å². The van der Waals surface area contributed by atoms with Crippen LogP contribution in [0.1, 0.15) is 45.9 Å². The quantitative estimate of drug-likeness (QED) is 0.591. The standard InChI is InChI=1S/C29H30N2O4/c1-35-27-26(30-25(33)19-20-7-3-2-4-8-20)23-9-5-6-10-24(23)29(27)15-17-31(18-16-29)28(34)21-11-13-22(32)14-12-21/h2-14,26-27,32H,15-19H2,1H3,(H,30,33)/t26-,27+/m1/s1. The molecule has 0 unspecified atom stereocenters. The SMILES string of the molecule is CO[C@H]1[C@H](NC(=O)Cc2ccccc2)c2ccccc2C12CCN(C(=O)c1ccc(O)cc1)CC2. The average molecular weight is 471 g/mol. The van der Waals surface area contributed by atoms with Gasteiger partial charge in [-0.1, -0.05) is 54.6 Å². The lowest BCUT2D eigenvalue weighted by atomic mass is 9.71. The zero-order valence-electron chi connectivity index (χ0n) is 19.8. The second kappa shape index (κ2) is 9.55. The van der Waals surface area contributed by atoms with E-state index in [-0.39, 0.29) is 35.1 Å². The number of carbonyl (C=O) groups excluding carboxylic acids is 2. The van der Waals surface area contributed by atoms with E-state index in [9.17, 15) is 14.7 Å². The van der Waals surface area contributed by atoms with Crippen LogP contribution in [0.25, 0.3) is 0 Å². The van der Waals surface area contributed by atoms with Crippen LogP contribution >= 0.6 is 0 Å². The van der Waals surface area contributed by atoms with Crippen molar-refractivity contribution in [2.24, 2.45) is 0 Å². The van der Waals surface area contributed by atoms with Gasteiger partial charge in [-0.3, -0.25) is 9.59 Å². The van der Waals surface area contributed by atoms with Gasteiger partial charge in [0.25, 0.3) is 5.91 Å². The Labute approximate surface area is 205 Å². The lowest BCUT2D eigenvalue weighted by Crippen LogP contribution is -2.51. The number of benzene rings is 3. The van der Waals surface area contributed by atoms with Gasteiger partial charge in [0.1, 0.15) is 5.75 Å². The molecule has 2 atom stereocenters. The number of aromatic hydroxyl groups is 1. The van der Waals surface area contributed by atoms with Crippen molar-refractivity contribution in [2.45, 2.75) is 36.8 Å². The van der Waals surface area contributed by atoms with E-state index in [1.165, 1.54) is 17.7 Å². The van der Waals surface area contributed by atoms with Crippen LogP contribution in [0, 0.1) is 0 Å². The van der Waals surface area contributed by atoms with Crippen LogP contribution in [-0.2, 0) is 21.4 Å². The molecule has 35 heavy (non-hydrogen) atoms. The Bertz CT molecular complexity index is 1200. The molecule has 0 aromatic heterocycles. The highest BCUT2D eigenvalue weighted by Crippen LogP contribution is 2.52. The van der Waals surface area contributed by atoms with Gasteiger partial charge in [0.05, 0.1) is 18.6 Å². The van der Waals surface area contributed by atoms with Gasteiger partial charge in [-0.25, -0.2) is 0 Å². The maximum atomic E-state index is 13.1. The summed E-state index contributed by atoms with van der Waals surface area (Å²) < 4.78 is 6.10. The Morgan fingerprint density at radius 2 is 1.63 bits per heavy atom. The summed E-state index contributed by atoms with van der Waals surface area (Å²) in [5.41, 5.74) is 3.57. The number of nitrogens with one attached hydrogen (secondary N) is 1. The van der Waals surface area contributed by atoms with Gasteiger partial charge < -0.3 is 20.1 Å². The molecule has 0 radical (unpaired) electrons. The van der Waals surface area contributed by atoms with Gasteiger partial charge in [-0.15, -0.1) is 0 Å². The molecule has 3 aromatic rings. The minimum atomic E-state index is -0.276. The summed E-state index contributed by atoms with van der Waals surface area (Å²) in [6.45, 7) is 1.19. The fraction of sp³-hybridized carbons (Fsp3) is 0.310. The zero-order valence-corrected chi connectivity index (χ0v) is 19.8. The summed E-state index contributed by atoms with van der Waals surface area (Å²) in [6, 6.07) is 24.1. The lowest BCUT2D eigenvalue weighted by Gasteiger charge is -2.44. The van der Waals surface area contributed by atoms with E-state index in [1.54, 1.807) is 19.2 Å². The molecule has 1 fully saturated rings. The Kier molecular flexibility index (Phi) is 6.31.